The van der Waals surface area contributed by atoms with Gasteiger partial charge in [-0.05, 0) is 50.5 Å². The van der Waals surface area contributed by atoms with Gasteiger partial charge in [-0.1, -0.05) is 17.0 Å². The normalized spacial score (nSPS) is 16.7. The minimum absolute atomic E-state index is 0.173. The standard InChI is InChI=1S/C25H28N4O4/c1-18(32-24-8-4-5-15-31-24)25-27-13-14-29(25)17-21-16-22(33-28-21)20-11-9-19(10-12-20)6-2-3-7-23(26)30/h9-14,16,18,24H,3-5,7-8,15,17H2,1H3,(H2,26,30)/t18-,24?/m0/s1. The molecule has 0 spiro atoms. The van der Waals surface area contributed by atoms with Gasteiger partial charge in [-0.15, -0.1) is 0 Å². The predicted octanol–water partition coefficient (Wildman–Crippen LogP) is 3.81. The van der Waals surface area contributed by atoms with Crippen molar-refractivity contribution in [1.29, 1.82) is 0 Å². The van der Waals surface area contributed by atoms with Crippen LogP contribution >= 0.6 is 0 Å². The number of rotatable bonds is 8. The lowest BCUT2D eigenvalue weighted by Crippen LogP contribution is -2.24. The first-order chi connectivity index (χ1) is 16.1. The molecule has 172 valence electrons. The van der Waals surface area contributed by atoms with Gasteiger partial charge >= 0.3 is 0 Å². The molecule has 0 radical (unpaired) electrons. The summed E-state index contributed by atoms with van der Waals surface area (Å²) in [5, 5.41) is 4.22. The molecule has 2 atom stereocenters. The molecule has 1 aromatic carbocycles. The van der Waals surface area contributed by atoms with Crippen LogP contribution in [-0.4, -0.2) is 33.5 Å². The summed E-state index contributed by atoms with van der Waals surface area (Å²) in [7, 11) is 0. The zero-order valence-electron chi connectivity index (χ0n) is 18.7. The Labute approximate surface area is 193 Å². The van der Waals surface area contributed by atoms with Gasteiger partial charge in [0.15, 0.2) is 12.1 Å². The molecule has 2 N–H and O–H groups in total. The number of hydrogen-bond acceptors (Lipinski definition) is 6. The van der Waals surface area contributed by atoms with E-state index in [-0.39, 0.29) is 24.7 Å². The van der Waals surface area contributed by atoms with Crippen LogP contribution in [0.25, 0.3) is 11.3 Å². The highest BCUT2D eigenvalue weighted by Gasteiger charge is 2.21. The van der Waals surface area contributed by atoms with E-state index in [2.05, 4.69) is 22.0 Å². The van der Waals surface area contributed by atoms with Crippen molar-refractivity contribution in [3.63, 3.8) is 0 Å². The summed E-state index contributed by atoms with van der Waals surface area (Å²) >= 11 is 0. The van der Waals surface area contributed by atoms with Gasteiger partial charge in [0.05, 0.1) is 6.54 Å². The number of amides is 1. The number of hydrogen-bond donors (Lipinski definition) is 1. The van der Waals surface area contributed by atoms with E-state index in [1.54, 1.807) is 6.20 Å². The lowest BCUT2D eigenvalue weighted by molar-refractivity contribution is -0.188. The molecule has 1 saturated heterocycles. The Kier molecular flexibility index (Phi) is 7.55. The smallest absolute Gasteiger partial charge is 0.218 e. The van der Waals surface area contributed by atoms with E-state index in [4.69, 9.17) is 19.7 Å². The lowest BCUT2D eigenvalue weighted by Gasteiger charge is -2.26. The van der Waals surface area contributed by atoms with Gasteiger partial charge in [-0.3, -0.25) is 4.79 Å². The highest BCUT2D eigenvalue weighted by atomic mass is 16.7. The summed E-state index contributed by atoms with van der Waals surface area (Å²) in [4.78, 5) is 15.2. The van der Waals surface area contributed by atoms with Crippen molar-refractivity contribution in [2.24, 2.45) is 5.73 Å². The summed E-state index contributed by atoms with van der Waals surface area (Å²) in [5.74, 6) is 7.14. The third-order valence-corrected chi connectivity index (χ3v) is 5.39. The second kappa shape index (κ2) is 10.9. The van der Waals surface area contributed by atoms with Crippen molar-refractivity contribution in [3.05, 3.63) is 59.8 Å². The molecule has 3 aromatic rings. The number of benzene rings is 1. The second-order valence-corrected chi connectivity index (χ2v) is 8.02. The largest absolute Gasteiger partial charge is 0.370 e. The molecule has 0 aliphatic carbocycles. The van der Waals surface area contributed by atoms with E-state index in [9.17, 15) is 4.79 Å². The Morgan fingerprint density at radius 1 is 1.33 bits per heavy atom. The summed E-state index contributed by atoms with van der Waals surface area (Å²) < 4.78 is 19.3. The summed E-state index contributed by atoms with van der Waals surface area (Å²) in [6.45, 7) is 3.27. The van der Waals surface area contributed by atoms with Gasteiger partial charge in [0, 0.05) is 49.0 Å². The first-order valence-corrected chi connectivity index (χ1v) is 11.2. The van der Waals surface area contributed by atoms with Crippen LogP contribution in [-0.2, 0) is 20.8 Å². The number of carbonyl (C=O) groups is 1. The van der Waals surface area contributed by atoms with Crippen LogP contribution in [0.3, 0.4) is 0 Å². The quantitative estimate of drug-likeness (QED) is 0.526. The Bertz CT molecular complexity index is 1120. The number of nitrogens with two attached hydrogens (primary N) is 1. The van der Waals surface area contributed by atoms with Crippen LogP contribution in [0.2, 0.25) is 0 Å². The maximum atomic E-state index is 10.8. The van der Waals surface area contributed by atoms with E-state index in [0.29, 0.717) is 18.7 Å². The van der Waals surface area contributed by atoms with E-state index in [1.165, 1.54) is 0 Å². The van der Waals surface area contributed by atoms with Crippen LogP contribution < -0.4 is 5.73 Å². The fourth-order valence-electron chi connectivity index (χ4n) is 3.68. The highest BCUT2D eigenvalue weighted by molar-refractivity contribution is 5.74. The molecule has 1 amide bonds. The zero-order chi connectivity index (χ0) is 23.0. The molecule has 0 bridgehead atoms. The zero-order valence-corrected chi connectivity index (χ0v) is 18.7. The van der Waals surface area contributed by atoms with Crippen LogP contribution in [0.5, 0.6) is 0 Å². The number of primary amides is 1. The molecule has 8 heteroatoms. The van der Waals surface area contributed by atoms with E-state index in [1.807, 2.05) is 48.0 Å². The Morgan fingerprint density at radius 2 is 2.18 bits per heavy atom. The first-order valence-electron chi connectivity index (χ1n) is 11.2. The fraction of sp³-hybridized carbons (Fsp3) is 0.400. The second-order valence-electron chi connectivity index (χ2n) is 8.02. The Morgan fingerprint density at radius 3 is 2.94 bits per heavy atom. The molecule has 8 nitrogen and oxygen atoms in total. The van der Waals surface area contributed by atoms with Crippen LogP contribution in [0, 0.1) is 11.8 Å². The van der Waals surface area contributed by atoms with Crippen molar-refractivity contribution in [3.8, 4) is 23.2 Å². The number of carbonyl (C=O) groups excluding carboxylic acids is 1. The predicted molar refractivity (Wildman–Crippen MR) is 122 cm³/mol. The number of ether oxygens (including phenoxy) is 2. The maximum Gasteiger partial charge on any atom is 0.218 e. The maximum absolute atomic E-state index is 10.8. The highest BCUT2D eigenvalue weighted by Crippen LogP contribution is 2.24. The molecule has 33 heavy (non-hydrogen) atoms. The van der Waals surface area contributed by atoms with Gasteiger partial charge in [0.1, 0.15) is 17.6 Å². The van der Waals surface area contributed by atoms with Crippen molar-refractivity contribution in [1.82, 2.24) is 14.7 Å². The lowest BCUT2D eigenvalue weighted by atomic mass is 10.1. The molecule has 1 fully saturated rings. The average molecular weight is 449 g/mol. The number of nitrogens with zero attached hydrogens (tertiary/aromatic N) is 3. The molecular weight excluding hydrogens is 420 g/mol. The van der Waals surface area contributed by atoms with Crippen LogP contribution in [0.15, 0.2) is 47.2 Å². The first kappa shape index (κ1) is 22.8. The molecule has 0 saturated carbocycles. The van der Waals surface area contributed by atoms with Gasteiger partial charge in [-0.2, -0.15) is 0 Å². The molecule has 1 unspecified atom stereocenters. The minimum atomic E-state index is -0.344. The number of imidazole rings is 1. The van der Waals surface area contributed by atoms with E-state index < -0.39 is 0 Å². The summed E-state index contributed by atoms with van der Waals surface area (Å²) in [6, 6.07) is 9.62. The summed E-state index contributed by atoms with van der Waals surface area (Å²) in [5.41, 5.74) is 7.69. The Hall–Kier alpha value is -3.41. The molecule has 3 heterocycles. The average Bonchev–Trinajstić information content (AvgIpc) is 3.48. The summed E-state index contributed by atoms with van der Waals surface area (Å²) in [6.07, 6.45) is 7.16. The van der Waals surface area contributed by atoms with Crippen LogP contribution in [0.4, 0.5) is 0 Å². The Balaban J connectivity index is 1.37. The van der Waals surface area contributed by atoms with Gasteiger partial charge in [0.25, 0.3) is 0 Å². The SMILES string of the molecule is C[C@H](OC1CCCCO1)c1nccn1Cc1cc(-c2ccc(C#CCCC(N)=O)cc2)on1. The topological polar surface area (TPSA) is 105 Å². The monoisotopic (exact) mass is 448 g/mol. The van der Waals surface area contributed by atoms with Crippen molar-refractivity contribution in [2.75, 3.05) is 6.61 Å². The van der Waals surface area contributed by atoms with Gasteiger partial charge in [0.2, 0.25) is 5.91 Å². The van der Waals surface area contributed by atoms with E-state index >= 15 is 0 Å². The molecule has 2 aromatic heterocycles. The molecule has 1 aliphatic rings. The van der Waals surface area contributed by atoms with E-state index in [0.717, 1.165) is 48.5 Å². The van der Waals surface area contributed by atoms with Gasteiger partial charge in [-0.25, -0.2) is 4.98 Å². The van der Waals surface area contributed by atoms with Crippen molar-refractivity contribution in [2.45, 2.75) is 58.0 Å². The third-order valence-electron chi connectivity index (χ3n) is 5.39. The number of aromatic nitrogens is 3. The van der Waals surface area contributed by atoms with Crippen molar-refractivity contribution >= 4 is 5.91 Å². The van der Waals surface area contributed by atoms with Gasteiger partial charge < -0.3 is 24.3 Å². The molecule has 4 rings (SSSR count). The van der Waals surface area contributed by atoms with Crippen molar-refractivity contribution < 1.29 is 18.8 Å². The minimum Gasteiger partial charge on any atom is -0.370 e. The molecule has 1 aliphatic heterocycles. The van der Waals surface area contributed by atoms with Crippen LogP contribution in [0.1, 0.15) is 62.2 Å². The third kappa shape index (κ3) is 6.31. The fourth-order valence-corrected chi connectivity index (χ4v) is 3.68. The molecular formula is C25H28N4O4.